The van der Waals surface area contributed by atoms with Crippen molar-refractivity contribution < 1.29 is 4.79 Å². The van der Waals surface area contributed by atoms with Gasteiger partial charge in [-0.2, -0.15) is 0 Å². The van der Waals surface area contributed by atoms with Crippen LogP contribution in [0.1, 0.15) is 51.6 Å². The summed E-state index contributed by atoms with van der Waals surface area (Å²) in [6.45, 7) is 8.56. The molecule has 0 aliphatic carbocycles. The van der Waals surface area contributed by atoms with Crippen LogP contribution in [-0.2, 0) is 4.79 Å². The second kappa shape index (κ2) is 8.71. The fourth-order valence-electron chi connectivity index (χ4n) is 2.60. The number of carbonyl (C=O) groups excluding carboxylic acids is 1. The number of rotatable bonds is 5. The number of aromatic nitrogens is 1. The van der Waals surface area contributed by atoms with Crippen molar-refractivity contribution >= 4 is 34.8 Å². The number of carbonyl (C=O) groups is 1. The Labute approximate surface area is 137 Å². The van der Waals surface area contributed by atoms with Gasteiger partial charge in [-0.1, -0.05) is 20.8 Å². The molecule has 120 valence electrons. The zero-order valence-corrected chi connectivity index (χ0v) is 14.6. The number of thiazole rings is 1. The highest BCUT2D eigenvalue weighted by atomic mass is 35.5. The number of amides is 1. The predicted molar refractivity (Wildman–Crippen MR) is 91.5 cm³/mol. The van der Waals surface area contributed by atoms with Crippen LogP contribution in [-0.4, -0.2) is 24.0 Å². The summed E-state index contributed by atoms with van der Waals surface area (Å²) in [5, 5.41) is 9.10. The second-order valence-corrected chi connectivity index (χ2v) is 6.93. The van der Waals surface area contributed by atoms with Gasteiger partial charge in [0.1, 0.15) is 0 Å². The SMILES string of the molecule is CC(C)c1csc(NC(=O)CC(C)C2CCCNC2)n1.Cl. The zero-order chi connectivity index (χ0) is 14.5. The first kappa shape index (κ1) is 18.4. The third kappa shape index (κ3) is 5.57. The zero-order valence-electron chi connectivity index (χ0n) is 13.0. The van der Waals surface area contributed by atoms with Crippen molar-refractivity contribution in [3.05, 3.63) is 11.1 Å². The smallest absolute Gasteiger partial charge is 0.226 e. The fraction of sp³-hybridized carbons (Fsp3) is 0.733. The van der Waals surface area contributed by atoms with Gasteiger partial charge in [0.15, 0.2) is 5.13 Å². The number of piperidine rings is 1. The monoisotopic (exact) mass is 331 g/mol. The standard InChI is InChI=1S/C15H25N3OS.ClH/c1-10(2)13-9-20-15(17-13)18-14(19)7-11(3)12-5-4-6-16-8-12;/h9-12,16H,4-8H2,1-3H3,(H,17,18,19);1H. The Morgan fingerprint density at radius 1 is 1.52 bits per heavy atom. The molecule has 21 heavy (non-hydrogen) atoms. The molecule has 2 atom stereocenters. The minimum atomic E-state index is 0. The van der Waals surface area contributed by atoms with E-state index in [4.69, 9.17) is 0 Å². The molecule has 1 aliphatic heterocycles. The Kier molecular flexibility index (Phi) is 7.63. The summed E-state index contributed by atoms with van der Waals surface area (Å²) in [4.78, 5) is 16.5. The van der Waals surface area contributed by atoms with Crippen molar-refractivity contribution in [1.82, 2.24) is 10.3 Å². The lowest BCUT2D eigenvalue weighted by atomic mass is 9.85. The third-order valence-electron chi connectivity index (χ3n) is 4.01. The van der Waals surface area contributed by atoms with E-state index in [1.165, 1.54) is 24.2 Å². The molecule has 6 heteroatoms. The molecular formula is C15H26ClN3OS. The topological polar surface area (TPSA) is 54.0 Å². The summed E-state index contributed by atoms with van der Waals surface area (Å²) in [5.74, 6) is 1.54. The molecule has 1 aromatic heterocycles. The van der Waals surface area contributed by atoms with Gasteiger partial charge in [-0.05, 0) is 43.7 Å². The number of nitrogens with zero attached hydrogens (tertiary/aromatic N) is 1. The first-order chi connectivity index (χ1) is 9.56. The van der Waals surface area contributed by atoms with Crippen LogP contribution in [0.15, 0.2) is 5.38 Å². The van der Waals surface area contributed by atoms with E-state index in [9.17, 15) is 4.79 Å². The average Bonchev–Trinajstić information content (AvgIpc) is 2.88. The molecule has 1 aromatic rings. The first-order valence-electron chi connectivity index (χ1n) is 7.52. The van der Waals surface area contributed by atoms with Crippen molar-refractivity contribution in [3.63, 3.8) is 0 Å². The lowest BCUT2D eigenvalue weighted by molar-refractivity contribution is -0.117. The van der Waals surface area contributed by atoms with E-state index in [1.807, 2.05) is 5.38 Å². The number of hydrogen-bond donors (Lipinski definition) is 2. The molecule has 0 bridgehead atoms. The molecule has 0 aromatic carbocycles. The minimum Gasteiger partial charge on any atom is -0.316 e. The highest BCUT2D eigenvalue weighted by Crippen LogP contribution is 2.24. The molecule has 2 rings (SSSR count). The molecule has 1 fully saturated rings. The number of halogens is 1. The summed E-state index contributed by atoms with van der Waals surface area (Å²) in [5.41, 5.74) is 1.05. The van der Waals surface area contributed by atoms with E-state index in [-0.39, 0.29) is 18.3 Å². The van der Waals surface area contributed by atoms with Crippen LogP contribution >= 0.6 is 23.7 Å². The average molecular weight is 332 g/mol. The Hall–Kier alpha value is -0.650. The molecule has 0 spiro atoms. The van der Waals surface area contributed by atoms with Gasteiger partial charge in [0.2, 0.25) is 5.91 Å². The highest BCUT2D eigenvalue weighted by Gasteiger charge is 2.22. The van der Waals surface area contributed by atoms with Crippen LogP contribution in [0.5, 0.6) is 0 Å². The van der Waals surface area contributed by atoms with E-state index in [0.717, 1.165) is 23.9 Å². The maximum atomic E-state index is 12.1. The Morgan fingerprint density at radius 3 is 2.86 bits per heavy atom. The van der Waals surface area contributed by atoms with Gasteiger partial charge in [-0.15, -0.1) is 23.7 Å². The van der Waals surface area contributed by atoms with Gasteiger partial charge in [0.25, 0.3) is 0 Å². The van der Waals surface area contributed by atoms with E-state index in [0.29, 0.717) is 24.2 Å². The van der Waals surface area contributed by atoms with E-state index in [1.54, 1.807) is 0 Å². The van der Waals surface area contributed by atoms with E-state index < -0.39 is 0 Å². The van der Waals surface area contributed by atoms with Crippen molar-refractivity contribution in [2.75, 3.05) is 18.4 Å². The van der Waals surface area contributed by atoms with Gasteiger partial charge in [0.05, 0.1) is 5.69 Å². The molecule has 0 radical (unpaired) electrons. The first-order valence-corrected chi connectivity index (χ1v) is 8.40. The van der Waals surface area contributed by atoms with Gasteiger partial charge >= 0.3 is 0 Å². The van der Waals surface area contributed by atoms with Crippen LogP contribution in [0.4, 0.5) is 5.13 Å². The molecule has 1 amide bonds. The number of anilines is 1. The van der Waals surface area contributed by atoms with Crippen molar-refractivity contribution in [3.8, 4) is 0 Å². The normalized spacial score (nSPS) is 19.9. The fourth-order valence-corrected chi connectivity index (χ4v) is 3.49. The van der Waals surface area contributed by atoms with Crippen LogP contribution in [0.3, 0.4) is 0 Å². The molecule has 1 aliphatic rings. The molecular weight excluding hydrogens is 306 g/mol. The van der Waals surface area contributed by atoms with Crippen molar-refractivity contribution in [1.29, 1.82) is 0 Å². The molecule has 2 N–H and O–H groups in total. The summed E-state index contributed by atoms with van der Waals surface area (Å²) < 4.78 is 0. The third-order valence-corrected chi connectivity index (χ3v) is 4.78. The van der Waals surface area contributed by atoms with E-state index >= 15 is 0 Å². The Balaban J connectivity index is 0.00000220. The summed E-state index contributed by atoms with van der Waals surface area (Å²) in [6, 6.07) is 0. The maximum Gasteiger partial charge on any atom is 0.226 e. The van der Waals surface area contributed by atoms with Gasteiger partial charge in [-0.25, -0.2) is 4.98 Å². The lowest BCUT2D eigenvalue weighted by Crippen LogP contribution is -2.34. The van der Waals surface area contributed by atoms with Crippen LogP contribution in [0.2, 0.25) is 0 Å². The predicted octanol–water partition coefficient (Wildman–Crippen LogP) is 3.65. The molecule has 1 saturated heterocycles. The van der Waals surface area contributed by atoms with Crippen molar-refractivity contribution in [2.45, 2.75) is 46.0 Å². The maximum absolute atomic E-state index is 12.1. The second-order valence-electron chi connectivity index (χ2n) is 6.07. The summed E-state index contributed by atoms with van der Waals surface area (Å²) in [7, 11) is 0. The van der Waals surface area contributed by atoms with Crippen LogP contribution < -0.4 is 10.6 Å². The van der Waals surface area contributed by atoms with Gasteiger partial charge < -0.3 is 10.6 Å². The van der Waals surface area contributed by atoms with Crippen LogP contribution in [0, 0.1) is 11.8 Å². The Morgan fingerprint density at radius 2 is 2.29 bits per heavy atom. The Bertz CT molecular complexity index is 444. The lowest BCUT2D eigenvalue weighted by Gasteiger charge is -2.27. The number of hydrogen-bond acceptors (Lipinski definition) is 4. The molecule has 2 heterocycles. The number of nitrogens with one attached hydrogen (secondary N) is 2. The minimum absolute atomic E-state index is 0. The summed E-state index contributed by atoms with van der Waals surface area (Å²) in [6.07, 6.45) is 3.04. The quantitative estimate of drug-likeness (QED) is 0.865. The van der Waals surface area contributed by atoms with Gasteiger partial charge in [-0.3, -0.25) is 4.79 Å². The largest absolute Gasteiger partial charge is 0.316 e. The van der Waals surface area contributed by atoms with Crippen molar-refractivity contribution in [2.24, 2.45) is 11.8 Å². The highest BCUT2D eigenvalue weighted by molar-refractivity contribution is 7.13. The van der Waals surface area contributed by atoms with E-state index in [2.05, 4.69) is 36.4 Å². The van der Waals surface area contributed by atoms with Gasteiger partial charge in [0, 0.05) is 11.8 Å². The molecule has 2 unspecified atom stereocenters. The molecule has 0 saturated carbocycles. The molecule has 4 nitrogen and oxygen atoms in total. The van der Waals surface area contributed by atoms with Crippen LogP contribution in [0.25, 0.3) is 0 Å². The summed E-state index contributed by atoms with van der Waals surface area (Å²) >= 11 is 1.51.